The van der Waals surface area contributed by atoms with Crippen LogP contribution >= 0.6 is 0 Å². The summed E-state index contributed by atoms with van der Waals surface area (Å²) in [4.78, 5) is 11.0. The maximum atomic E-state index is 5.52. The number of imidazole rings is 2. The first-order valence-corrected chi connectivity index (χ1v) is 18.2. The standard InChI is InChI=1S/C45H41BN4/c1-42(2,3)24-22-33-37-34(23-24)50-39-32(48-41(50)44(7,8)9)21-19-30-36(39)46(37)35-29(18-20-31-38(35)49(33)40(47-31)43(4,5)6)45(30)27-16-12-10-14-25(27)26-15-11-13-17-28(26)45/h10-23H,1-9H3. The molecule has 0 bridgehead atoms. The minimum Gasteiger partial charge on any atom is -0.297 e. The Kier molecular flexibility index (Phi) is 4.92. The van der Waals surface area contributed by atoms with Crippen molar-refractivity contribution in [1.82, 2.24) is 19.1 Å². The molecule has 0 unspecified atom stereocenters. The summed E-state index contributed by atoms with van der Waals surface area (Å²) in [5, 5.41) is 0. The molecule has 2 aromatic heterocycles. The SMILES string of the molecule is CC(C)(C)c1cc2c3c(c1)-n1c(C(C)(C)C)nc4ccc5c(c41)B3c1c(ccc3nc(C(C)(C)C)n-2c13)C51c2ccccc2-c2ccccc21. The van der Waals surface area contributed by atoms with Gasteiger partial charge in [0, 0.05) is 22.2 Å². The van der Waals surface area contributed by atoms with Crippen LogP contribution in [0.1, 0.15) is 102 Å². The van der Waals surface area contributed by atoms with Crippen molar-refractivity contribution in [2.45, 2.75) is 84.0 Å². The van der Waals surface area contributed by atoms with E-state index in [-0.39, 0.29) is 23.0 Å². The van der Waals surface area contributed by atoms with Crippen molar-refractivity contribution >= 4 is 45.2 Å². The molecule has 4 nitrogen and oxygen atoms in total. The lowest BCUT2D eigenvalue weighted by molar-refractivity contribution is 0.536. The molecule has 5 heterocycles. The molecular formula is C45H41BN4. The summed E-state index contributed by atoms with van der Waals surface area (Å²) < 4.78 is 5.14. The highest BCUT2D eigenvalue weighted by Gasteiger charge is 2.57. The first kappa shape index (κ1) is 28.9. The summed E-state index contributed by atoms with van der Waals surface area (Å²) in [6, 6.07) is 32.8. The monoisotopic (exact) mass is 648 g/mol. The Morgan fingerprint density at radius 3 is 1.36 bits per heavy atom. The molecular weight excluding hydrogens is 607 g/mol. The van der Waals surface area contributed by atoms with Crippen LogP contribution in [0.2, 0.25) is 0 Å². The first-order valence-electron chi connectivity index (χ1n) is 18.2. The second-order valence-electron chi connectivity index (χ2n) is 18.3. The number of aromatic nitrogens is 4. The molecule has 1 spiro atoms. The predicted molar refractivity (Wildman–Crippen MR) is 207 cm³/mol. The van der Waals surface area contributed by atoms with Gasteiger partial charge < -0.3 is 0 Å². The Hall–Kier alpha value is -4.90. The molecule has 0 saturated carbocycles. The third-order valence-corrected chi connectivity index (χ3v) is 12.2. The zero-order chi connectivity index (χ0) is 34.4. The molecule has 0 amide bonds. The predicted octanol–water partition coefficient (Wildman–Crippen LogP) is 8.08. The second kappa shape index (κ2) is 8.51. The van der Waals surface area contributed by atoms with Crippen LogP contribution in [0.5, 0.6) is 0 Å². The van der Waals surface area contributed by atoms with Crippen LogP contribution in [0.4, 0.5) is 0 Å². The molecule has 0 N–H and O–H groups in total. The van der Waals surface area contributed by atoms with Crippen LogP contribution in [0, 0.1) is 0 Å². The van der Waals surface area contributed by atoms with E-state index in [0.717, 1.165) is 22.7 Å². The third kappa shape index (κ3) is 3.10. The number of rotatable bonds is 0. The molecule has 4 aliphatic rings. The van der Waals surface area contributed by atoms with Crippen LogP contribution in [-0.2, 0) is 21.7 Å². The minimum absolute atomic E-state index is 0.0488. The molecule has 0 atom stereocenters. The Balaban J connectivity index is 1.45. The average molecular weight is 649 g/mol. The van der Waals surface area contributed by atoms with E-state index in [1.54, 1.807) is 0 Å². The van der Waals surface area contributed by atoms with Gasteiger partial charge in [0.05, 0.1) is 27.5 Å². The van der Waals surface area contributed by atoms with Crippen LogP contribution in [0.25, 0.3) is 44.6 Å². The summed E-state index contributed by atoms with van der Waals surface area (Å²) in [5.41, 5.74) is 20.2. The van der Waals surface area contributed by atoms with Crippen LogP contribution in [0.15, 0.2) is 84.9 Å². The van der Waals surface area contributed by atoms with E-state index in [9.17, 15) is 0 Å². The molecule has 0 fully saturated rings. The Morgan fingerprint density at radius 2 is 0.940 bits per heavy atom. The van der Waals surface area contributed by atoms with Crippen LogP contribution < -0.4 is 16.4 Å². The molecule has 50 heavy (non-hydrogen) atoms. The molecule has 0 saturated heterocycles. The van der Waals surface area contributed by atoms with E-state index in [2.05, 4.69) is 156 Å². The number of hydrogen-bond acceptors (Lipinski definition) is 2. The summed E-state index contributed by atoms with van der Waals surface area (Å²) in [6.07, 6.45) is 0. The fraction of sp³-hybridized carbons (Fsp3) is 0.289. The zero-order valence-electron chi connectivity index (χ0n) is 30.4. The fourth-order valence-corrected chi connectivity index (χ4v) is 10.2. The van der Waals surface area contributed by atoms with Gasteiger partial charge in [-0.2, -0.15) is 0 Å². The number of hydrogen-bond donors (Lipinski definition) is 0. The second-order valence-corrected chi connectivity index (χ2v) is 18.3. The molecule has 3 aliphatic heterocycles. The zero-order valence-corrected chi connectivity index (χ0v) is 30.4. The number of nitrogens with zero attached hydrogens (tertiary/aromatic N) is 4. The number of benzene rings is 5. The van der Waals surface area contributed by atoms with Crippen molar-refractivity contribution in [2.75, 3.05) is 0 Å². The minimum atomic E-state index is -0.467. The third-order valence-electron chi connectivity index (χ3n) is 12.2. The summed E-state index contributed by atoms with van der Waals surface area (Å²) in [6.45, 7) is 21.0. The van der Waals surface area contributed by atoms with Gasteiger partial charge in [0.2, 0.25) is 0 Å². The van der Waals surface area contributed by atoms with Gasteiger partial charge in [-0.1, -0.05) is 123 Å². The first-order chi connectivity index (χ1) is 23.7. The van der Waals surface area contributed by atoms with Crippen molar-refractivity contribution in [2.24, 2.45) is 0 Å². The van der Waals surface area contributed by atoms with E-state index in [1.165, 1.54) is 77.7 Å². The maximum Gasteiger partial charge on any atom is 0.253 e. The summed E-state index contributed by atoms with van der Waals surface area (Å²) >= 11 is 0. The van der Waals surface area contributed by atoms with E-state index < -0.39 is 5.41 Å². The van der Waals surface area contributed by atoms with Gasteiger partial charge in [-0.25, -0.2) is 9.97 Å². The average Bonchev–Trinajstić information content (AvgIpc) is 3.75. The molecule has 5 aromatic carbocycles. The van der Waals surface area contributed by atoms with E-state index in [4.69, 9.17) is 9.97 Å². The lowest BCUT2D eigenvalue weighted by Crippen LogP contribution is -2.66. The molecule has 7 aromatic rings. The Bertz CT molecular complexity index is 2540. The summed E-state index contributed by atoms with van der Waals surface area (Å²) in [7, 11) is 0. The van der Waals surface area contributed by atoms with E-state index >= 15 is 0 Å². The van der Waals surface area contributed by atoms with Crippen molar-refractivity contribution in [3.05, 3.63) is 124 Å². The van der Waals surface area contributed by atoms with Crippen molar-refractivity contribution in [3.8, 4) is 22.5 Å². The lowest BCUT2D eigenvalue weighted by Gasteiger charge is -2.47. The normalized spacial score (nSPS) is 15.8. The Labute approximate surface area is 294 Å². The molecule has 5 heteroatoms. The highest BCUT2D eigenvalue weighted by Crippen LogP contribution is 2.58. The maximum absolute atomic E-state index is 5.52. The largest absolute Gasteiger partial charge is 0.297 e. The number of fused-ring (bicyclic) bond motifs is 9. The van der Waals surface area contributed by atoms with Gasteiger partial charge in [-0.3, -0.25) is 9.13 Å². The lowest BCUT2D eigenvalue weighted by atomic mass is 9.28. The van der Waals surface area contributed by atoms with Crippen molar-refractivity contribution in [1.29, 1.82) is 0 Å². The van der Waals surface area contributed by atoms with Gasteiger partial charge >= 0.3 is 0 Å². The van der Waals surface area contributed by atoms with Gasteiger partial charge in [-0.05, 0) is 85.0 Å². The van der Waals surface area contributed by atoms with E-state index in [0.29, 0.717) is 0 Å². The quantitative estimate of drug-likeness (QED) is 0.156. The van der Waals surface area contributed by atoms with Gasteiger partial charge in [0.1, 0.15) is 11.6 Å². The molecule has 0 radical (unpaired) electrons. The topological polar surface area (TPSA) is 35.6 Å². The molecule has 244 valence electrons. The van der Waals surface area contributed by atoms with Gasteiger partial charge in [0.25, 0.3) is 6.71 Å². The molecule has 11 rings (SSSR count). The molecule has 1 aliphatic carbocycles. The smallest absolute Gasteiger partial charge is 0.253 e. The van der Waals surface area contributed by atoms with Gasteiger partial charge in [-0.15, -0.1) is 0 Å². The van der Waals surface area contributed by atoms with Crippen LogP contribution in [0.3, 0.4) is 0 Å². The van der Waals surface area contributed by atoms with Crippen molar-refractivity contribution in [3.63, 3.8) is 0 Å². The van der Waals surface area contributed by atoms with Crippen LogP contribution in [-0.4, -0.2) is 25.8 Å². The van der Waals surface area contributed by atoms with Crippen molar-refractivity contribution < 1.29 is 0 Å². The fourth-order valence-electron chi connectivity index (χ4n) is 10.2. The Morgan fingerprint density at radius 1 is 0.500 bits per heavy atom. The highest BCUT2D eigenvalue weighted by atomic mass is 15.1. The highest BCUT2D eigenvalue weighted by molar-refractivity contribution is 7.01. The van der Waals surface area contributed by atoms with Gasteiger partial charge in [0.15, 0.2) is 0 Å². The summed E-state index contributed by atoms with van der Waals surface area (Å²) in [5.74, 6) is 2.23. The van der Waals surface area contributed by atoms with E-state index in [1.807, 2.05) is 0 Å².